The molecule has 1 aliphatic heterocycles. The molecule has 0 saturated carbocycles. The summed E-state index contributed by atoms with van der Waals surface area (Å²) in [6.45, 7) is 1.47. The molecule has 6 nitrogen and oxygen atoms in total. The number of likely N-dealkylation sites (tertiary alicyclic amines) is 1. The third kappa shape index (κ3) is 3.40. The van der Waals surface area contributed by atoms with Gasteiger partial charge in [-0.05, 0) is 48.3 Å². The Labute approximate surface area is 155 Å². The Morgan fingerprint density at radius 3 is 2.65 bits per heavy atom. The van der Waals surface area contributed by atoms with Crippen LogP contribution in [0.25, 0.3) is 11.4 Å². The van der Waals surface area contributed by atoms with E-state index in [1.54, 1.807) is 0 Å². The van der Waals surface area contributed by atoms with E-state index < -0.39 is 12.0 Å². The lowest BCUT2D eigenvalue weighted by molar-refractivity contribution is -0.144. The Morgan fingerprint density at radius 2 is 2.00 bits per heavy atom. The van der Waals surface area contributed by atoms with Gasteiger partial charge in [-0.15, -0.1) is 0 Å². The van der Waals surface area contributed by atoms with Crippen LogP contribution >= 0.6 is 11.3 Å². The molecule has 4 rings (SSSR count). The Hall–Kier alpha value is -2.51. The van der Waals surface area contributed by atoms with Gasteiger partial charge in [-0.1, -0.05) is 30.3 Å². The molecule has 7 heteroatoms. The molecule has 1 atom stereocenters. The van der Waals surface area contributed by atoms with Gasteiger partial charge >= 0.3 is 5.97 Å². The van der Waals surface area contributed by atoms with Crippen LogP contribution in [0.5, 0.6) is 0 Å². The van der Waals surface area contributed by atoms with E-state index in [1.807, 2.05) is 47.2 Å². The third-order valence-electron chi connectivity index (χ3n) is 4.91. The van der Waals surface area contributed by atoms with E-state index in [-0.39, 0.29) is 5.92 Å². The summed E-state index contributed by atoms with van der Waals surface area (Å²) in [5.41, 5.74) is 1.86. The fraction of sp³-hybridized carbons (Fsp3) is 0.316. The summed E-state index contributed by atoms with van der Waals surface area (Å²) in [6.07, 6.45) is 1.74. The lowest BCUT2D eigenvalue weighted by Gasteiger charge is -2.34. The minimum Gasteiger partial charge on any atom is -0.480 e. The maximum atomic E-state index is 11.7. The van der Waals surface area contributed by atoms with Crippen LogP contribution in [0.3, 0.4) is 0 Å². The first kappa shape index (κ1) is 16.9. The molecular formula is C19H20N4O2S. The lowest BCUT2D eigenvalue weighted by Crippen LogP contribution is -2.39. The molecular weight excluding hydrogens is 348 g/mol. The molecule has 1 fully saturated rings. The summed E-state index contributed by atoms with van der Waals surface area (Å²) < 4.78 is 0. The van der Waals surface area contributed by atoms with Crippen molar-refractivity contribution >= 4 is 17.3 Å². The Balaban J connectivity index is 1.44. The highest BCUT2D eigenvalue weighted by Crippen LogP contribution is 2.32. The molecule has 1 unspecified atom stereocenters. The molecule has 2 N–H and O–H groups in total. The SMILES string of the molecule is O=C(O)C(c1ccsc1)N1CCC(c2nc(-c3ccccc3)n[nH]2)CC1. The van der Waals surface area contributed by atoms with Gasteiger partial charge in [0.25, 0.3) is 0 Å². The zero-order chi connectivity index (χ0) is 17.9. The van der Waals surface area contributed by atoms with Crippen molar-refractivity contribution < 1.29 is 9.90 Å². The van der Waals surface area contributed by atoms with E-state index in [0.29, 0.717) is 5.82 Å². The fourth-order valence-corrected chi connectivity index (χ4v) is 4.22. The monoisotopic (exact) mass is 368 g/mol. The Morgan fingerprint density at radius 1 is 1.23 bits per heavy atom. The Kier molecular flexibility index (Phi) is 4.81. The molecule has 3 heterocycles. The van der Waals surface area contributed by atoms with Crippen molar-refractivity contribution in [2.75, 3.05) is 13.1 Å². The number of nitrogens with one attached hydrogen (secondary N) is 1. The number of hydrogen-bond donors (Lipinski definition) is 2. The number of rotatable bonds is 5. The molecule has 3 aromatic rings. The first-order valence-electron chi connectivity index (χ1n) is 8.69. The summed E-state index contributed by atoms with van der Waals surface area (Å²) >= 11 is 1.53. The van der Waals surface area contributed by atoms with E-state index in [4.69, 9.17) is 0 Å². The third-order valence-corrected chi connectivity index (χ3v) is 5.61. The molecule has 0 amide bonds. The number of aliphatic carboxylic acids is 1. The molecule has 1 saturated heterocycles. The number of carboxylic acids is 1. The topological polar surface area (TPSA) is 82.1 Å². The van der Waals surface area contributed by atoms with Gasteiger partial charge in [0.15, 0.2) is 5.82 Å². The van der Waals surface area contributed by atoms with Crippen LogP contribution in [-0.4, -0.2) is 44.2 Å². The second kappa shape index (κ2) is 7.39. The molecule has 0 spiro atoms. The van der Waals surface area contributed by atoms with E-state index in [1.165, 1.54) is 11.3 Å². The van der Waals surface area contributed by atoms with E-state index in [9.17, 15) is 9.90 Å². The average molecular weight is 368 g/mol. The maximum absolute atomic E-state index is 11.7. The highest BCUT2D eigenvalue weighted by atomic mass is 32.1. The minimum atomic E-state index is -0.784. The fourth-order valence-electron chi connectivity index (χ4n) is 3.54. The van der Waals surface area contributed by atoms with E-state index in [0.717, 1.165) is 42.9 Å². The van der Waals surface area contributed by atoms with Crippen molar-refractivity contribution in [1.82, 2.24) is 20.1 Å². The minimum absolute atomic E-state index is 0.285. The number of aromatic amines is 1. The smallest absolute Gasteiger partial charge is 0.325 e. The second-order valence-electron chi connectivity index (χ2n) is 6.52. The van der Waals surface area contributed by atoms with Crippen LogP contribution < -0.4 is 0 Å². The van der Waals surface area contributed by atoms with Crippen molar-refractivity contribution in [3.05, 3.63) is 58.5 Å². The Bertz CT molecular complexity index is 855. The van der Waals surface area contributed by atoms with Crippen molar-refractivity contribution in [3.8, 4) is 11.4 Å². The molecule has 0 bridgehead atoms. The van der Waals surface area contributed by atoms with Crippen molar-refractivity contribution in [2.45, 2.75) is 24.8 Å². The van der Waals surface area contributed by atoms with E-state index >= 15 is 0 Å². The number of benzene rings is 1. The number of hydrogen-bond acceptors (Lipinski definition) is 5. The number of nitrogens with zero attached hydrogens (tertiary/aromatic N) is 3. The lowest BCUT2D eigenvalue weighted by atomic mass is 9.94. The van der Waals surface area contributed by atoms with Crippen LogP contribution in [0.2, 0.25) is 0 Å². The first-order valence-corrected chi connectivity index (χ1v) is 9.63. The predicted molar refractivity (Wildman–Crippen MR) is 100 cm³/mol. The first-order chi connectivity index (χ1) is 12.7. The predicted octanol–water partition coefficient (Wildman–Crippen LogP) is 3.54. The molecule has 0 radical (unpaired) electrons. The molecule has 1 aliphatic rings. The van der Waals surface area contributed by atoms with Crippen LogP contribution in [0.4, 0.5) is 0 Å². The highest BCUT2D eigenvalue weighted by molar-refractivity contribution is 7.08. The summed E-state index contributed by atoms with van der Waals surface area (Å²) in [7, 11) is 0. The van der Waals surface area contributed by atoms with Crippen LogP contribution in [0.15, 0.2) is 47.2 Å². The number of H-pyrrole nitrogens is 1. The molecule has 1 aromatic carbocycles. The van der Waals surface area contributed by atoms with Gasteiger partial charge in [0, 0.05) is 11.5 Å². The van der Waals surface area contributed by atoms with Gasteiger partial charge in [-0.3, -0.25) is 14.8 Å². The molecule has 0 aliphatic carbocycles. The van der Waals surface area contributed by atoms with Gasteiger partial charge < -0.3 is 5.11 Å². The van der Waals surface area contributed by atoms with E-state index in [2.05, 4.69) is 20.1 Å². The number of piperidine rings is 1. The van der Waals surface area contributed by atoms with Crippen LogP contribution in [-0.2, 0) is 4.79 Å². The van der Waals surface area contributed by atoms with Gasteiger partial charge in [0.05, 0.1) is 0 Å². The summed E-state index contributed by atoms with van der Waals surface area (Å²) in [6, 6.07) is 11.2. The number of carbonyl (C=O) groups is 1. The van der Waals surface area contributed by atoms with Gasteiger partial charge in [0.1, 0.15) is 11.9 Å². The summed E-state index contributed by atoms with van der Waals surface area (Å²) in [5.74, 6) is 1.11. The van der Waals surface area contributed by atoms with Crippen molar-refractivity contribution in [3.63, 3.8) is 0 Å². The quantitative estimate of drug-likeness (QED) is 0.720. The zero-order valence-electron chi connectivity index (χ0n) is 14.2. The molecule has 26 heavy (non-hydrogen) atoms. The largest absolute Gasteiger partial charge is 0.480 e. The van der Waals surface area contributed by atoms with Gasteiger partial charge in [-0.25, -0.2) is 4.98 Å². The summed E-state index contributed by atoms with van der Waals surface area (Å²) in [5, 5.41) is 20.9. The standard InChI is InChI=1S/C19H20N4O2S/c24-19(25)16(15-8-11-26-12-15)23-9-6-14(7-10-23)18-20-17(21-22-18)13-4-2-1-3-5-13/h1-5,8,11-12,14,16H,6-7,9-10H2,(H,24,25)(H,20,21,22). The van der Waals surface area contributed by atoms with Crippen molar-refractivity contribution in [1.29, 1.82) is 0 Å². The van der Waals surface area contributed by atoms with Gasteiger partial charge in [0.2, 0.25) is 0 Å². The zero-order valence-corrected chi connectivity index (χ0v) is 15.0. The van der Waals surface area contributed by atoms with Crippen molar-refractivity contribution in [2.24, 2.45) is 0 Å². The number of aromatic nitrogens is 3. The number of carboxylic acid groups (broad SMARTS) is 1. The normalized spacial score (nSPS) is 17.2. The van der Waals surface area contributed by atoms with Gasteiger partial charge in [-0.2, -0.15) is 16.4 Å². The summed E-state index contributed by atoms with van der Waals surface area (Å²) in [4.78, 5) is 18.5. The second-order valence-corrected chi connectivity index (χ2v) is 7.30. The number of thiophene rings is 1. The van der Waals surface area contributed by atoms with Crippen LogP contribution in [0, 0.1) is 0 Å². The molecule has 2 aromatic heterocycles. The van der Waals surface area contributed by atoms with Crippen LogP contribution in [0.1, 0.15) is 36.2 Å². The maximum Gasteiger partial charge on any atom is 0.325 e. The average Bonchev–Trinajstić information content (AvgIpc) is 3.35. The highest BCUT2D eigenvalue weighted by Gasteiger charge is 2.32. The molecule has 134 valence electrons.